The number of anilines is 2. The van der Waals surface area contributed by atoms with E-state index in [0.29, 0.717) is 34.9 Å². The molecule has 3 atom stereocenters. The van der Waals surface area contributed by atoms with Gasteiger partial charge in [-0.25, -0.2) is 19.2 Å². The zero-order chi connectivity index (χ0) is 22.3. The number of benzene rings is 1. The summed E-state index contributed by atoms with van der Waals surface area (Å²) in [6, 6.07) is 3.52. The van der Waals surface area contributed by atoms with E-state index in [1.807, 2.05) is 32.6 Å². The quantitative estimate of drug-likeness (QED) is 0.573. The molecule has 0 unspecified atom stereocenters. The Morgan fingerprint density at radius 3 is 2.65 bits per heavy atom. The summed E-state index contributed by atoms with van der Waals surface area (Å²) in [7, 11) is 0. The number of aliphatic hydroxyl groups excluding tert-OH is 1. The highest BCUT2D eigenvalue weighted by Crippen LogP contribution is 2.33. The van der Waals surface area contributed by atoms with Crippen LogP contribution in [0.4, 0.5) is 20.8 Å². The van der Waals surface area contributed by atoms with Gasteiger partial charge in [0.05, 0.1) is 36.3 Å². The van der Waals surface area contributed by atoms with Gasteiger partial charge in [-0.1, -0.05) is 13.8 Å². The fourth-order valence-electron chi connectivity index (χ4n) is 3.74. The predicted octanol–water partition coefficient (Wildman–Crippen LogP) is 3.76. The van der Waals surface area contributed by atoms with E-state index in [-0.39, 0.29) is 23.9 Å². The van der Waals surface area contributed by atoms with Gasteiger partial charge in [-0.3, -0.25) is 0 Å². The molecular weight excluding hydrogens is 401 g/mol. The van der Waals surface area contributed by atoms with Crippen molar-refractivity contribution in [3.63, 3.8) is 0 Å². The fourth-order valence-corrected chi connectivity index (χ4v) is 3.74. The summed E-state index contributed by atoms with van der Waals surface area (Å²) in [4.78, 5) is 23.1. The second-order valence-electron chi connectivity index (χ2n) is 8.28. The number of nitrogens with one attached hydrogen (secondary N) is 2. The highest BCUT2D eigenvalue weighted by molar-refractivity contribution is 5.89. The number of aromatic nitrogens is 2. The molecule has 31 heavy (non-hydrogen) atoms. The van der Waals surface area contributed by atoms with Gasteiger partial charge in [-0.2, -0.15) is 0 Å². The molecule has 3 N–H and O–H groups in total. The van der Waals surface area contributed by atoms with Gasteiger partial charge in [0.25, 0.3) is 0 Å². The maximum atomic E-state index is 13.6. The average Bonchev–Trinajstić information content (AvgIpc) is 3.06. The number of halogens is 1. The van der Waals surface area contributed by atoms with E-state index in [4.69, 9.17) is 4.42 Å². The van der Waals surface area contributed by atoms with Gasteiger partial charge in [0.15, 0.2) is 0 Å². The van der Waals surface area contributed by atoms with Gasteiger partial charge in [0.2, 0.25) is 5.95 Å². The van der Waals surface area contributed by atoms with Crippen molar-refractivity contribution in [2.75, 3.05) is 16.8 Å². The van der Waals surface area contributed by atoms with Crippen molar-refractivity contribution in [2.24, 2.45) is 5.92 Å². The third kappa shape index (κ3) is 4.05. The van der Waals surface area contributed by atoms with Crippen LogP contribution in [0.2, 0.25) is 0 Å². The minimum absolute atomic E-state index is 0.0329. The standard InChI is InChI=1S/C22H26FN5O3/c1-11(2)19(20-12(3)16-7-14(23)5-6-18(16)31-20)27-22(30)26-15-8-24-21(25-9-15)28-10-17(29)13(28)4/h5-9,11,13,17,19,29H,10H2,1-4H3,(H2,26,27,30)/t13-,17-,19+/m1/s1. The molecule has 3 aromatic rings. The summed E-state index contributed by atoms with van der Waals surface area (Å²) >= 11 is 0. The Kier molecular flexibility index (Phi) is 5.53. The monoisotopic (exact) mass is 427 g/mol. The van der Waals surface area contributed by atoms with Gasteiger partial charge in [-0.05, 0) is 38.0 Å². The van der Waals surface area contributed by atoms with Crippen molar-refractivity contribution < 1.29 is 18.7 Å². The Bertz CT molecular complexity index is 1100. The summed E-state index contributed by atoms with van der Waals surface area (Å²) in [5, 5.41) is 16.0. The number of fused-ring (bicyclic) bond motifs is 1. The molecule has 0 saturated carbocycles. The van der Waals surface area contributed by atoms with Gasteiger partial charge < -0.3 is 25.1 Å². The molecule has 0 bridgehead atoms. The molecule has 1 fully saturated rings. The number of amides is 2. The Hall–Kier alpha value is -3.20. The highest BCUT2D eigenvalue weighted by atomic mass is 19.1. The predicted molar refractivity (Wildman–Crippen MR) is 115 cm³/mol. The first-order valence-corrected chi connectivity index (χ1v) is 10.3. The van der Waals surface area contributed by atoms with Gasteiger partial charge in [0.1, 0.15) is 17.2 Å². The average molecular weight is 427 g/mol. The lowest BCUT2D eigenvalue weighted by Crippen LogP contribution is -2.59. The van der Waals surface area contributed by atoms with E-state index in [1.54, 1.807) is 6.07 Å². The Labute approximate surface area is 179 Å². The molecule has 1 saturated heterocycles. The second kappa shape index (κ2) is 8.14. The summed E-state index contributed by atoms with van der Waals surface area (Å²) in [5.74, 6) is 0.810. The normalized spacial score (nSPS) is 19.4. The van der Waals surface area contributed by atoms with E-state index >= 15 is 0 Å². The number of carbonyl (C=O) groups is 1. The number of urea groups is 1. The first-order valence-electron chi connectivity index (χ1n) is 10.3. The SMILES string of the molecule is Cc1c([C@@H](NC(=O)Nc2cnc(N3C[C@@H](O)[C@H]3C)nc2)C(C)C)oc2ccc(F)cc12. The maximum absolute atomic E-state index is 13.6. The molecule has 1 aliphatic rings. The molecule has 3 heterocycles. The zero-order valence-electron chi connectivity index (χ0n) is 17.9. The minimum atomic E-state index is -0.422. The zero-order valence-corrected chi connectivity index (χ0v) is 17.9. The highest BCUT2D eigenvalue weighted by Gasteiger charge is 2.35. The Morgan fingerprint density at radius 2 is 2.03 bits per heavy atom. The molecule has 2 amide bonds. The van der Waals surface area contributed by atoms with Crippen LogP contribution in [0.1, 0.15) is 38.1 Å². The van der Waals surface area contributed by atoms with Gasteiger partial charge in [0, 0.05) is 17.5 Å². The minimum Gasteiger partial charge on any atom is -0.459 e. The van der Waals surface area contributed by atoms with Crippen molar-refractivity contribution >= 4 is 28.6 Å². The number of nitrogens with zero attached hydrogens (tertiary/aromatic N) is 3. The van der Waals surface area contributed by atoms with Crippen molar-refractivity contribution in [1.29, 1.82) is 0 Å². The molecule has 8 nitrogen and oxygen atoms in total. The summed E-state index contributed by atoms with van der Waals surface area (Å²) in [6.45, 7) is 8.19. The number of furan rings is 1. The summed E-state index contributed by atoms with van der Waals surface area (Å²) in [5.41, 5.74) is 1.82. The lowest BCUT2D eigenvalue weighted by Gasteiger charge is -2.43. The first-order chi connectivity index (χ1) is 14.7. The van der Waals surface area contributed by atoms with Crippen LogP contribution in [0.25, 0.3) is 11.0 Å². The third-order valence-electron chi connectivity index (χ3n) is 5.76. The van der Waals surface area contributed by atoms with Crippen LogP contribution in [0, 0.1) is 18.7 Å². The van der Waals surface area contributed by atoms with Crippen molar-refractivity contribution in [3.05, 3.63) is 47.7 Å². The molecule has 0 aliphatic carbocycles. The van der Waals surface area contributed by atoms with Crippen molar-refractivity contribution in [2.45, 2.75) is 45.9 Å². The summed E-state index contributed by atoms with van der Waals surface area (Å²) in [6.07, 6.45) is 2.68. The number of carbonyl (C=O) groups excluding carboxylic acids is 1. The van der Waals surface area contributed by atoms with E-state index in [9.17, 15) is 14.3 Å². The number of β-amino-alcohol motifs (C(OH)–C–C–N with tert-alkyl or cyclic N) is 1. The van der Waals surface area contributed by atoms with E-state index in [0.717, 1.165) is 5.56 Å². The number of rotatable bonds is 5. The van der Waals surface area contributed by atoms with E-state index < -0.39 is 12.1 Å². The van der Waals surface area contributed by atoms with E-state index in [1.165, 1.54) is 24.5 Å². The molecule has 4 rings (SSSR count). The molecule has 0 spiro atoms. The molecule has 1 aromatic carbocycles. The van der Waals surface area contributed by atoms with Crippen LogP contribution >= 0.6 is 0 Å². The number of aryl methyl sites for hydroxylation is 1. The van der Waals surface area contributed by atoms with Crippen molar-refractivity contribution in [1.82, 2.24) is 15.3 Å². The molecule has 0 radical (unpaired) electrons. The van der Waals surface area contributed by atoms with Crippen LogP contribution in [0.3, 0.4) is 0 Å². The van der Waals surface area contributed by atoms with Gasteiger partial charge >= 0.3 is 6.03 Å². The number of hydrogen-bond donors (Lipinski definition) is 3. The van der Waals surface area contributed by atoms with E-state index in [2.05, 4.69) is 20.6 Å². The van der Waals surface area contributed by atoms with Crippen LogP contribution in [0.15, 0.2) is 35.0 Å². The Morgan fingerprint density at radius 1 is 1.32 bits per heavy atom. The molecule has 1 aliphatic heterocycles. The molecular formula is C22H26FN5O3. The smallest absolute Gasteiger partial charge is 0.319 e. The third-order valence-corrected chi connectivity index (χ3v) is 5.76. The lowest BCUT2D eigenvalue weighted by molar-refractivity contribution is 0.0979. The van der Waals surface area contributed by atoms with Crippen molar-refractivity contribution in [3.8, 4) is 0 Å². The lowest BCUT2D eigenvalue weighted by atomic mass is 9.98. The topological polar surface area (TPSA) is 104 Å². The molecule has 9 heteroatoms. The van der Waals surface area contributed by atoms with Crippen LogP contribution in [-0.2, 0) is 0 Å². The Balaban J connectivity index is 1.47. The second-order valence-corrected chi connectivity index (χ2v) is 8.28. The largest absolute Gasteiger partial charge is 0.459 e. The van der Waals surface area contributed by atoms with Crippen LogP contribution in [-0.4, -0.2) is 39.8 Å². The fraction of sp³-hybridized carbons (Fsp3) is 0.409. The van der Waals surface area contributed by atoms with Gasteiger partial charge in [-0.15, -0.1) is 0 Å². The summed E-state index contributed by atoms with van der Waals surface area (Å²) < 4.78 is 19.6. The molecule has 2 aromatic heterocycles. The van der Waals surface area contributed by atoms with Crippen LogP contribution < -0.4 is 15.5 Å². The molecule has 164 valence electrons. The maximum Gasteiger partial charge on any atom is 0.319 e. The first kappa shape index (κ1) is 21.0. The number of hydrogen-bond acceptors (Lipinski definition) is 6. The van der Waals surface area contributed by atoms with Crippen LogP contribution in [0.5, 0.6) is 0 Å². The number of aliphatic hydroxyl groups is 1.